The normalized spacial score (nSPS) is 22.0. The first-order valence-electron chi connectivity index (χ1n) is 5.40. The zero-order valence-electron chi connectivity index (χ0n) is 9.37. The molecule has 1 saturated carbocycles. The second-order valence-corrected chi connectivity index (χ2v) is 4.78. The molecule has 1 amide bonds. The summed E-state index contributed by atoms with van der Waals surface area (Å²) in [6, 6.07) is 4.38. The molecular formula is C12H13FN2OS. The first-order valence-corrected chi connectivity index (χ1v) is 5.80. The third kappa shape index (κ3) is 2.44. The van der Waals surface area contributed by atoms with E-state index < -0.39 is 5.82 Å². The number of nitrogens with two attached hydrogens (primary N) is 1. The lowest BCUT2D eigenvalue weighted by Gasteiger charge is -2.10. The lowest BCUT2D eigenvalue weighted by molar-refractivity contribution is -0.117. The second kappa shape index (κ2) is 4.41. The van der Waals surface area contributed by atoms with E-state index in [1.807, 2.05) is 6.92 Å². The fraction of sp³-hybridized carbons (Fsp3) is 0.333. The topological polar surface area (TPSA) is 55.1 Å². The molecule has 0 bridgehead atoms. The summed E-state index contributed by atoms with van der Waals surface area (Å²) in [5.41, 5.74) is 5.90. The Bertz CT molecular complexity index is 489. The molecule has 0 saturated heterocycles. The number of benzene rings is 1. The van der Waals surface area contributed by atoms with Crippen molar-refractivity contribution in [1.29, 1.82) is 0 Å². The van der Waals surface area contributed by atoms with E-state index in [0.29, 0.717) is 11.6 Å². The largest absolute Gasteiger partial charge is 0.389 e. The Morgan fingerprint density at radius 3 is 2.76 bits per heavy atom. The molecule has 0 spiro atoms. The van der Waals surface area contributed by atoms with E-state index in [9.17, 15) is 9.18 Å². The zero-order valence-corrected chi connectivity index (χ0v) is 10.2. The molecule has 1 aromatic carbocycles. The van der Waals surface area contributed by atoms with Crippen LogP contribution in [0.1, 0.15) is 18.9 Å². The molecule has 1 aromatic rings. The molecule has 0 aromatic heterocycles. The number of hydrogen-bond donors (Lipinski definition) is 2. The van der Waals surface area contributed by atoms with Gasteiger partial charge in [0.05, 0.1) is 11.3 Å². The van der Waals surface area contributed by atoms with Gasteiger partial charge < -0.3 is 11.1 Å². The molecule has 2 atom stereocenters. The van der Waals surface area contributed by atoms with E-state index in [1.165, 1.54) is 12.1 Å². The fourth-order valence-corrected chi connectivity index (χ4v) is 2.00. The number of hydrogen-bond acceptors (Lipinski definition) is 2. The summed E-state index contributed by atoms with van der Waals surface area (Å²) >= 11 is 4.78. The van der Waals surface area contributed by atoms with E-state index >= 15 is 0 Å². The van der Waals surface area contributed by atoms with Crippen molar-refractivity contribution in [2.75, 3.05) is 5.32 Å². The highest BCUT2D eigenvalue weighted by molar-refractivity contribution is 7.80. The summed E-state index contributed by atoms with van der Waals surface area (Å²) in [6.07, 6.45) is 0.879. The summed E-state index contributed by atoms with van der Waals surface area (Å²) in [7, 11) is 0. The number of carbonyl (C=O) groups is 1. The predicted octanol–water partition coefficient (Wildman–Crippen LogP) is 2.05. The van der Waals surface area contributed by atoms with Crippen LogP contribution in [0.15, 0.2) is 18.2 Å². The van der Waals surface area contributed by atoms with E-state index in [2.05, 4.69) is 5.32 Å². The molecule has 2 unspecified atom stereocenters. The minimum atomic E-state index is -0.515. The summed E-state index contributed by atoms with van der Waals surface area (Å²) < 4.78 is 13.5. The van der Waals surface area contributed by atoms with E-state index in [-0.39, 0.29) is 22.4 Å². The van der Waals surface area contributed by atoms with Crippen molar-refractivity contribution in [3.63, 3.8) is 0 Å². The van der Waals surface area contributed by atoms with Crippen molar-refractivity contribution in [1.82, 2.24) is 0 Å². The maximum Gasteiger partial charge on any atom is 0.227 e. The zero-order chi connectivity index (χ0) is 12.6. The number of amides is 1. The van der Waals surface area contributed by atoms with E-state index in [1.54, 1.807) is 6.07 Å². The first kappa shape index (κ1) is 12.0. The number of nitrogens with one attached hydrogen (secondary N) is 1. The maximum absolute atomic E-state index is 13.5. The van der Waals surface area contributed by atoms with Crippen LogP contribution in [0.5, 0.6) is 0 Å². The average Bonchev–Trinajstić information content (AvgIpc) is 2.95. The van der Waals surface area contributed by atoms with Crippen LogP contribution in [0.2, 0.25) is 0 Å². The van der Waals surface area contributed by atoms with Gasteiger partial charge in [-0.1, -0.05) is 25.2 Å². The summed E-state index contributed by atoms with van der Waals surface area (Å²) in [4.78, 5) is 11.7. The molecule has 90 valence electrons. The summed E-state index contributed by atoms with van der Waals surface area (Å²) in [5.74, 6) is -0.186. The van der Waals surface area contributed by atoms with Crippen molar-refractivity contribution in [2.45, 2.75) is 13.3 Å². The van der Waals surface area contributed by atoms with Gasteiger partial charge in [0.2, 0.25) is 5.91 Å². The first-order chi connectivity index (χ1) is 8.00. The minimum absolute atomic E-state index is 0.0254. The molecule has 0 aliphatic heterocycles. The van der Waals surface area contributed by atoms with Gasteiger partial charge in [0.15, 0.2) is 0 Å². The van der Waals surface area contributed by atoms with Crippen LogP contribution in [-0.4, -0.2) is 10.9 Å². The van der Waals surface area contributed by atoms with Crippen LogP contribution >= 0.6 is 12.2 Å². The highest BCUT2D eigenvalue weighted by atomic mass is 32.1. The maximum atomic E-state index is 13.5. The predicted molar refractivity (Wildman–Crippen MR) is 68.2 cm³/mol. The Kier molecular flexibility index (Phi) is 3.11. The third-order valence-electron chi connectivity index (χ3n) is 2.96. The van der Waals surface area contributed by atoms with Crippen LogP contribution in [0.25, 0.3) is 0 Å². The molecule has 2 rings (SSSR count). The Hall–Kier alpha value is -1.49. The standard InChI is InChI=1S/C12H13FN2OS/c1-6-5-7(6)12(16)15-9-4-2-3-8(13)10(9)11(14)17/h2-4,6-7H,5H2,1H3,(H2,14,17)(H,15,16). The Labute approximate surface area is 104 Å². The Morgan fingerprint density at radius 1 is 1.59 bits per heavy atom. The van der Waals surface area contributed by atoms with Gasteiger partial charge in [-0.2, -0.15) is 0 Å². The number of anilines is 1. The van der Waals surface area contributed by atoms with Crippen molar-refractivity contribution < 1.29 is 9.18 Å². The molecule has 1 aliphatic carbocycles. The summed E-state index contributed by atoms with van der Waals surface area (Å²) in [5, 5.41) is 2.68. The highest BCUT2D eigenvalue weighted by Gasteiger charge is 2.39. The highest BCUT2D eigenvalue weighted by Crippen LogP contribution is 2.38. The average molecular weight is 252 g/mol. The quantitative estimate of drug-likeness (QED) is 0.810. The van der Waals surface area contributed by atoms with Crippen molar-refractivity contribution >= 4 is 28.8 Å². The Morgan fingerprint density at radius 2 is 2.24 bits per heavy atom. The number of rotatable bonds is 3. The molecule has 1 fully saturated rings. The molecule has 3 N–H and O–H groups in total. The van der Waals surface area contributed by atoms with Crippen LogP contribution in [0, 0.1) is 17.7 Å². The van der Waals surface area contributed by atoms with Gasteiger partial charge in [0.25, 0.3) is 0 Å². The smallest absolute Gasteiger partial charge is 0.227 e. The Balaban J connectivity index is 2.23. The van der Waals surface area contributed by atoms with Gasteiger partial charge in [-0.05, 0) is 24.5 Å². The van der Waals surface area contributed by atoms with Gasteiger partial charge >= 0.3 is 0 Å². The molecule has 1 aliphatic rings. The lowest BCUT2D eigenvalue weighted by atomic mass is 10.1. The molecule has 5 heteroatoms. The van der Waals surface area contributed by atoms with Crippen molar-refractivity contribution in [3.05, 3.63) is 29.6 Å². The molecule has 0 radical (unpaired) electrons. The monoisotopic (exact) mass is 252 g/mol. The number of halogens is 1. The van der Waals surface area contributed by atoms with Gasteiger partial charge in [0, 0.05) is 5.92 Å². The molecule has 17 heavy (non-hydrogen) atoms. The molecule has 3 nitrogen and oxygen atoms in total. The van der Waals surface area contributed by atoms with Crippen LogP contribution in [0.4, 0.5) is 10.1 Å². The lowest BCUT2D eigenvalue weighted by Crippen LogP contribution is -2.20. The fourth-order valence-electron chi connectivity index (χ4n) is 1.79. The second-order valence-electron chi connectivity index (χ2n) is 4.34. The van der Waals surface area contributed by atoms with E-state index in [4.69, 9.17) is 18.0 Å². The number of thiocarbonyl (C=S) groups is 1. The third-order valence-corrected chi connectivity index (χ3v) is 3.17. The van der Waals surface area contributed by atoms with Gasteiger partial charge in [0.1, 0.15) is 10.8 Å². The van der Waals surface area contributed by atoms with Gasteiger partial charge in [-0.15, -0.1) is 0 Å². The van der Waals surface area contributed by atoms with Crippen LogP contribution in [-0.2, 0) is 4.79 Å². The van der Waals surface area contributed by atoms with Crippen molar-refractivity contribution in [2.24, 2.45) is 17.6 Å². The van der Waals surface area contributed by atoms with E-state index in [0.717, 1.165) is 6.42 Å². The van der Waals surface area contributed by atoms with Gasteiger partial charge in [-0.3, -0.25) is 4.79 Å². The van der Waals surface area contributed by atoms with Crippen LogP contribution in [0.3, 0.4) is 0 Å². The minimum Gasteiger partial charge on any atom is -0.389 e. The molecule has 0 heterocycles. The number of carbonyl (C=O) groups excluding carboxylic acids is 1. The SMILES string of the molecule is CC1CC1C(=O)Nc1cccc(F)c1C(N)=S. The van der Waals surface area contributed by atoms with Gasteiger partial charge in [-0.25, -0.2) is 4.39 Å². The summed E-state index contributed by atoms with van der Waals surface area (Å²) in [6.45, 7) is 2.00. The van der Waals surface area contributed by atoms with Crippen LogP contribution < -0.4 is 11.1 Å². The molecular weight excluding hydrogens is 239 g/mol. The van der Waals surface area contributed by atoms with Crippen molar-refractivity contribution in [3.8, 4) is 0 Å².